The van der Waals surface area contributed by atoms with Gasteiger partial charge in [0.15, 0.2) is 11.6 Å². The molecule has 0 unspecified atom stereocenters. The van der Waals surface area contributed by atoms with Crippen molar-refractivity contribution in [3.05, 3.63) is 54.3 Å². The van der Waals surface area contributed by atoms with Crippen molar-refractivity contribution in [3.63, 3.8) is 0 Å². The fraction of sp³-hybridized carbons (Fsp3) is 0.294. The van der Waals surface area contributed by atoms with Crippen molar-refractivity contribution in [1.29, 1.82) is 0 Å². The van der Waals surface area contributed by atoms with Crippen LogP contribution in [-0.4, -0.2) is 7.85 Å². The molecule has 0 aliphatic carbocycles. The summed E-state index contributed by atoms with van der Waals surface area (Å²) in [6, 6.07) is 13.4. The predicted molar refractivity (Wildman–Crippen MR) is 85.6 cm³/mol. The molecule has 20 heavy (non-hydrogen) atoms. The zero-order chi connectivity index (χ0) is 15.4. The van der Waals surface area contributed by atoms with Crippen LogP contribution >= 0.6 is 0 Å². The summed E-state index contributed by atoms with van der Waals surface area (Å²) in [5, 5.41) is 0. The van der Waals surface area contributed by atoms with E-state index in [0.717, 1.165) is 0 Å². The van der Waals surface area contributed by atoms with E-state index in [1.807, 2.05) is 32.0 Å². The lowest BCUT2D eigenvalue weighted by Crippen LogP contribution is -2.02. The fourth-order valence-corrected chi connectivity index (χ4v) is 1.22. The van der Waals surface area contributed by atoms with Crippen LogP contribution in [0.15, 0.2) is 48.5 Å². The highest BCUT2D eigenvalue weighted by molar-refractivity contribution is 6.32. The monoisotopic (exact) mass is 272 g/mol. The van der Waals surface area contributed by atoms with Crippen molar-refractivity contribution in [3.8, 4) is 11.5 Å². The van der Waals surface area contributed by atoms with E-state index < -0.39 is 5.82 Å². The lowest BCUT2D eigenvalue weighted by Gasteiger charge is -2.06. The van der Waals surface area contributed by atoms with Crippen LogP contribution in [0, 0.1) is 5.82 Å². The van der Waals surface area contributed by atoms with Gasteiger partial charge in [0.2, 0.25) is 0 Å². The number of para-hydroxylation sites is 1. The van der Waals surface area contributed by atoms with E-state index >= 15 is 0 Å². The molecule has 0 spiro atoms. The minimum atomic E-state index is -0.459. The van der Waals surface area contributed by atoms with E-state index in [2.05, 4.69) is 13.8 Å². The third kappa shape index (κ3) is 6.98. The SMILES string of the molecule is CC.CCC.[B]c1ccc(Oc2ccccc2)c(F)c1. The number of hydrogen-bond acceptors (Lipinski definition) is 1. The molecule has 2 radical (unpaired) electrons. The average molecular weight is 272 g/mol. The molecule has 0 amide bonds. The maximum atomic E-state index is 13.3. The molecule has 3 heteroatoms. The highest BCUT2D eigenvalue weighted by atomic mass is 19.1. The van der Waals surface area contributed by atoms with E-state index in [1.165, 1.54) is 18.6 Å². The highest BCUT2D eigenvalue weighted by Gasteiger charge is 2.03. The van der Waals surface area contributed by atoms with Gasteiger partial charge in [-0.15, -0.1) is 0 Å². The fourth-order valence-electron chi connectivity index (χ4n) is 1.22. The summed E-state index contributed by atoms with van der Waals surface area (Å²) >= 11 is 0. The van der Waals surface area contributed by atoms with Gasteiger partial charge in [0.05, 0.1) is 0 Å². The lowest BCUT2D eigenvalue weighted by molar-refractivity contribution is 0.443. The molecule has 0 N–H and O–H groups in total. The van der Waals surface area contributed by atoms with Gasteiger partial charge in [-0.25, -0.2) is 4.39 Å². The van der Waals surface area contributed by atoms with Gasteiger partial charge in [-0.2, -0.15) is 0 Å². The molecule has 1 nitrogen and oxygen atoms in total. The Morgan fingerprint density at radius 3 is 2.05 bits per heavy atom. The summed E-state index contributed by atoms with van der Waals surface area (Å²) < 4.78 is 18.7. The third-order valence-electron chi connectivity index (χ3n) is 1.93. The number of halogens is 1. The number of benzene rings is 2. The summed E-state index contributed by atoms with van der Waals surface area (Å²) in [5.74, 6) is 0.315. The molecule has 0 aliphatic rings. The van der Waals surface area contributed by atoms with Crippen molar-refractivity contribution < 1.29 is 9.13 Å². The van der Waals surface area contributed by atoms with Crippen LogP contribution in [0.2, 0.25) is 0 Å². The van der Waals surface area contributed by atoms with Crippen molar-refractivity contribution in [2.45, 2.75) is 34.1 Å². The topological polar surface area (TPSA) is 9.23 Å². The molecule has 2 aromatic carbocycles. The first-order valence-corrected chi connectivity index (χ1v) is 6.95. The van der Waals surface area contributed by atoms with Gasteiger partial charge in [0.1, 0.15) is 13.6 Å². The number of ether oxygens (including phenoxy) is 1. The quantitative estimate of drug-likeness (QED) is 0.710. The molecule has 106 valence electrons. The predicted octanol–water partition coefficient (Wildman–Crippen LogP) is 4.85. The van der Waals surface area contributed by atoms with Crippen molar-refractivity contribution in [2.75, 3.05) is 0 Å². The summed E-state index contributed by atoms with van der Waals surface area (Å²) in [5.41, 5.74) is 0.382. The Morgan fingerprint density at radius 2 is 1.55 bits per heavy atom. The molecular weight excluding hydrogens is 250 g/mol. The molecule has 0 aromatic heterocycles. The van der Waals surface area contributed by atoms with Gasteiger partial charge < -0.3 is 4.74 Å². The van der Waals surface area contributed by atoms with Crippen molar-refractivity contribution >= 4 is 13.3 Å². The second kappa shape index (κ2) is 11.1. The Labute approximate surface area is 123 Å². The molecule has 0 bridgehead atoms. The summed E-state index contributed by atoms with van der Waals surface area (Å²) in [7, 11) is 5.43. The molecule has 2 rings (SSSR count). The summed E-state index contributed by atoms with van der Waals surface area (Å²) in [6.45, 7) is 8.25. The minimum absolute atomic E-state index is 0.176. The second-order valence-electron chi connectivity index (χ2n) is 3.81. The Hall–Kier alpha value is -1.77. The molecule has 0 saturated carbocycles. The number of rotatable bonds is 2. The van der Waals surface area contributed by atoms with Crippen LogP contribution in [0.3, 0.4) is 0 Å². The molecule has 0 atom stereocenters. The van der Waals surface area contributed by atoms with E-state index in [9.17, 15) is 4.39 Å². The highest BCUT2D eigenvalue weighted by Crippen LogP contribution is 2.22. The van der Waals surface area contributed by atoms with Crippen LogP contribution in [0.1, 0.15) is 34.1 Å². The van der Waals surface area contributed by atoms with Crippen LogP contribution in [0.4, 0.5) is 4.39 Å². The zero-order valence-corrected chi connectivity index (χ0v) is 12.7. The summed E-state index contributed by atoms with van der Waals surface area (Å²) in [6.07, 6.45) is 1.25. The molecular formula is C17H22BFO. The van der Waals surface area contributed by atoms with Crippen LogP contribution in [-0.2, 0) is 0 Å². The first kappa shape index (κ1) is 18.2. The van der Waals surface area contributed by atoms with Crippen LogP contribution in [0.25, 0.3) is 0 Å². The van der Waals surface area contributed by atoms with Gasteiger partial charge in [0.25, 0.3) is 0 Å². The van der Waals surface area contributed by atoms with E-state index in [-0.39, 0.29) is 5.75 Å². The van der Waals surface area contributed by atoms with Gasteiger partial charge in [-0.1, -0.05) is 63.8 Å². The normalized spacial score (nSPS) is 8.65. The Bertz CT molecular complexity index is 472. The van der Waals surface area contributed by atoms with Gasteiger partial charge in [-0.05, 0) is 24.3 Å². The molecule has 0 fully saturated rings. The van der Waals surface area contributed by atoms with Crippen LogP contribution in [0.5, 0.6) is 11.5 Å². The van der Waals surface area contributed by atoms with Crippen LogP contribution < -0.4 is 10.2 Å². The Kier molecular flexibility index (Phi) is 10.1. The van der Waals surface area contributed by atoms with Gasteiger partial charge in [-0.3, -0.25) is 0 Å². The van der Waals surface area contributed by atoms with E-state index in [1.54, 1.807) is 18.2 Å². The molecule has 0 heterocycles. The first-order chi connectivity index (χ1) is 9.67. The van der Waals surface area contributed by atoms with E-state index in [0.29, 0.717) is 11.2 Å². The second-order valence-corrected chi connectivity index (χ2v) is 3.81. The maximum Gasteiger partial charge on any atom is 0.165 e. The minimum Gasteiger partial charge on any atom is -0.454 e. The lowest BCUT2D eigenvalue weighted by atomic mass is 9.96. The zero-order valence-electron chi connectivity index (χ0n) is 12.7. The third-order valence-corrected chi connectivity index (χ3v) is 1.93. The molecule has 0 saturated heterocycles. The Morgan fingerprint density at radius 1 is 1.00 bits per heavy atom. The summed E-state index contributed by atoms with van der Waals surface area (Å²) in [4.78, 5) is 0. The first-order valence-electron chi connectivity index (χ1n) is 6.95. The smallest absolute Gasteiger partial charge is 0.165 e. The molecule has 2 aromatic rings. The molecule has 0 aliphatic heterocycles. The van der Waals surface area contributed by atoms with E-state index in [4.69, 9.17) is 12.6 Å². The van der Waals surface area contributed by atoms with Gasteiger partial charge >= 0.3 is 0 Å². The standard InChI is InChI=1S/C12H8BFO.C3H8.C2H6/c13-9-6-7-12(11(14)8-9)15-10-4-2-1-3-5-10;1-3-2;1-2/h1-8H;3H2,1-2H3;1-2H3. The largest absolute Gasteiger partial charge is 0.454 e. The Balaban J connectivity index is 0.000000641. The average Bonchev–Trinajstić information content (AvgIpc) is 2.46. The maximum absolute atomic E-state index is 13.3. The van der Waals surface area contributed by atoms with Crippen molar-refractivity contribution in [2.24, 2.45) is 0 Å². The van der Waals surface area contributed by atoms with Crippen molar-refractivity contribution in [1.82, 2.24) is 0 Å². The van der Waals surface area contributed by atoms with Gasteiger partial charge in [0, 0.05) is 0 Å². The number of hydrogen-bond donors (Lipinski definition) is 0.